The topological polar surface area (TPSA) is 41.1 Å². The van der Waals surface area contributed by atoms with Crippen molar-refractivity contribution in [3.05, 3.63) is 17.5 Å². The van der Waals surface area contributed by atoms with E-state index in [1.165, 1.54) is 18.4 Å². The van der Waals surface area contributed by atoms with E-state index < -0.39 is 0 Å². The molecule has 1 heterocycles. The van der Waals surface area contributed by atoms with Crippen molar-refractivity contribution in [2.45, 2.75) is 39.3 Å². The van der Waals surface area contributed by atoms with Crippen LogP contribution in [0.4, 0.5) is 5.95 Å². The van der Waals surface area contributed by atoms with Gasteiger partial charge in [0.1, 0.15) is 0 Å². The molecule has 0 saturated heterocycles. The summed E-state index contributed by atoms with van der Waals surface area (Å²) >= 11 is 0. The summed E-state index contributed by atoms with van der Waals surface area (Å²) in [4.78, 5) is 11.4. The second-order valence-corrected chi connectivity index (χ2v) is 4.33. The molecule has 0 unspecified atom stereocenters. The van der Waals surface area contributed by atoms with Gasteiger partial charge in [-0.05, 0) is 33.7 Å². The largest absolute Gasteiger partial charge is 0.338 e. The minimum absolute atomic E-state index is 0.680. The van der Waals surface area contributed by atoms with Crippen molar-refractivity contribution in [3.63, 3.8) is 0 Å². The average Bonchev–Trinajstić information content (AvgIpc) is 3.07. The summed E-state index contributed by atoms with van der Waals surface area (Å²) in [7, 11) is 1.94. The lowest BCUT2D eigenvalue weighted by atomic mass is 10.2. The average molecular weight is 220 g/mol. The second-order valence-electron chi connectivity index (χ2n) is 4.33. The molecule has 0 radical (unpaired) electrons. The van der Waals surface area contributed by atoms with Gasteiger partial charge in [-0.1, -0.05) is 0 Å². The zero-order chi connectivity index (χ0) is 11.5. The second kappa shape index (κ2) is 4.78. The molecule has 16 heavy (non-hydrogen) atoms. The zero-order valence-corrected chi connectivity index (χ0v) is 10.3. The summed E-state index contributed by atoms with van der Waals surface area (Å²) in [6.45, 7) is 6.05. The van der Waals surface area contributed by atoms with Crippen LogP contribution in [-0.4, -0.2) is 29.6 Å². The van der Waals surface area contributed by atoms with Crippen molar-refractivity contribution in [1.29, 1.82) is 0 Å². The molecule has 0 aromatic carbocycles. The Balaban J connectivity index is 2.18. The maximum absolute atomic E-state index is 4.60. The van der Waals surface area contributed by atoms with Gasteiger partial charge in [-0.2, -0.15) is 0 Å². The normalized spacial score (nSPS) is 15.2. The summed E-state index contributed by atoms with van der Waals surface area (Å²) in [6, 6.07) is 0.680. The number of hydrogen-bond donors (Lipinski definition) is 1. The van der Waals surface area contributed by atoms with Gasteiger partial charge in [-0.3, -0.25) is 0 Å². The van der Waals surface area contributed by atoms with Crippen LogP contribution < -0.4 is 10.2 Å². The fourth-order valence-corrected chi connectivity index (χ4v) is 1.93. The molecule has 1 N–H and O–H groups in total. The third-order valence-corrected chi connectivity index (χ3v) is 3.02. The van der Waals surface area contributed by atoms with Crippen LogP contribution in [0.15, 0.2) is 6.20 Å². The zero-order valence-electron chi connectivity index (χ0n) is 10.3. The van der Waals surface area contributed by atoms with Crippen molar-refractivity contribution in [3.8, 4) is 0 Å². The number of rotatable bonds is 5. The molecule has 4 nitrogen and oxygen atoms in total. The van der Waals surface area contributed by atoms with E-state index in [9.17, 15) is 0 Å². The summed E-state index contributed by atoms with van der Waals surface area (Å²) in [6.07, 6.45) is 4.52. The van der Waals surface area contributed by atoms with Crippen molar-refractivity contribution >= 4 is 5.95 Å². The van der Waals surface area contributed by atoms with E-state index >= 15 is 0 Å². The van der Waals surface area contributed by atoms with E-state index in [4.69, 9.17) is 0 Å². The first-order valence-electron chi connectivity index (χ1n) is 6.00. The molecule has 0 amide bonds. The molecule has 0 bridgehead atoms. The van der Waals surface area contributed by atoms with Crippen molar-refractivity contribution in [1.82, 2.24) is 15.3 Å². The van der Waals surface area contributed by atoms with Gasteiger partial charge < -0.3 is 10.2 Å². The Hall–Kier alpha value is -1.16. The lowest BCUT2D eigenvalue weighted by Crippen LogP contribution is -2.27. The number of anilines is 1. The number of aryl methyl sites for hydroxylation is 1. The third kappa shape index (κ3) is 2.32. The van der Waals surface area contributed by atoms with Crippen LogP contribution in [0.5, 0.6) is 0 Å². The van der Waals surface area contributed by atoms with Crippen LogP contribution in [0.3, 0.4) is 0 Å². The molecule has 1 saturated carbocycles. The van der Waals surface area contributed by atoms with Gasteiger partial charge in [0, 0.05) is 36.6 Å². The van der Waals surface area contributed by atoms with Gasteiger partial charge in [-0.25, -0.2) is 9.97 Å². The number of hydrogen-bond acceptors (Lipinski definition) is 4. The first-order valence-corrected chi connectivity index (χ1v) is 6.00. The molecule has 0 spiro atoms. The molecular weight excluding hydrogens is 200 g/mol. The predicted octanol–water partition coefficient (Wildman–Crippen LogP) is 1.49. The van der Waals surface area contributed by atoms with Crippen LogP contribution in [0.2, 0.25) is 0 Å². The lowest BCUT2D eigenvalue weighted by molar-refractivity contribution is 0.760. The molecule has 0 aliphatic heterocycles. The van der Waals surface area contributed by atoms with Gasteiger partial charge in [-0.15, -0.1) is 0 Å². The van der Waals surface area contributed by atoms with Gasteiger partial charge in [0.15, 0.2) is 0 Å². The minimum atomic E-state index is 0.680. The van der Waals surface area contributed by atoms with Crippen LogP contribution in [0.25, 0.3) is 0 Å². The number of nitrogens with zero attached hydrogens (tertiary/aromatic N) is 3. The van der Waals surface area contributed by atoms with Crippen molar-refractivity contribution in [2.24, 2.45) is 0 Å². The van der Waals surface area contributed by atoms with Gasteiger partial charge >= 0.3 is 0 Å². The van der Waals surface area contributed by atoms with E-state index in [-0.39, 0.29) is 0 Å². The molecule has 88 valence electrons. The third-order valence-electron chi connectivity index (χ3n) is 3.02. The van der Waals surface area contributed by atoms with E-state index in [0.29, 0.717) is 6.04 Å². The molecule has 2 rings (SSSR count). The van der Waals surface area contributed by atoms with Crippen LogP contribution >= 0.6 is 0 Å². The Labute approximate surface area is 97.1 Å². The quantitative estimate of drug-likeness (QED) is 0.816. The summed E-state index contributed by atoms with van der Waals surface area (Å²) < 4.78 is 0. The monoisotopic (exact) mass is 220 g/mol. The summed E-state index contributed by atoms with van der Waals surface area (Å²) in [5.41, 5.74) is 2.26. The van der Waals surface area contributed by atoms with E-state index in [1.807, 2.05) is 13.2 Å². The summed E-state index contributed by atoms with van der Waals surface area (Å²) in [5.74, 6) is 0.891. The SMILES string of the molecule is CCN(c1ncc(CNC)c(C)n1)C1CC1. The lowest BCUT2D eigenvalue weighted by Gasteiger charge is -2.20. The van der Waals surface area contributed by atoms with Crippen LogP contribution in [0.1, 0.15) is 31.0 Å². The van der Waals surface area contributed by atoms with E-state index in [1.54, 1.807) is 0 Å². The molecule has 1 aliphatic carbocycles. The van der Waals surface area contributed by atoms with Gasteiger partial charge in [0.25, 0.3) is 0 Å². The Bertz CT molecular complexity index is 360. The smallest absolute Gasteiger partial charge is 0.225 e. The van der Waals surface area contributed by atoms with Crippen LogP contribution in [0, 0.1) is 6.92 Å². The van der Waals surface area contributed by atoms with E-state index in [0.717, 1.165) is 24.7 Å². The van der Waals surface area contributed by atoms with Crippen LogP contribution in [-0.2, 0) is 6.54 Å². The molecule has 4 heteroatoms. The summed E-state index contributed by atoms with van der Waals surface area (Å²) in [5, 5.41) is 3.13. The molecule has 1 aromatic rings. The Morgan fingerprint density at radius 3 is 2.75 bits per heavy atom. The molecule has 1 fully saturated rings. The maximum Gasteiger partial charge on any atom is 0.225 e. The highest BCUT2D eigenvalue weighted by Gasteiger charge is 2.29. The number of aromatic nitrogens is 2. The predicted molar refractivity (Wildman–Crippen MR) is 65.6 cm³/mol. The highest BCUT2D eigenvalue weighted by molar-refractivity contribution is 5.36. The fraction of sp³-hybridized carbons (Fsp3) is 0.667. The maximum atomic E-state index is 4.60. The highest BCUT2D eigenvalue weighted by Crippen LogP contribution is 2.29. The molecule has 1 aromatic heterocycles. The van der Waals surface area contributed by atoms with Crippen molar-refractivity contribution < 1.29 is 0 Å². The number of nitrogens with one attached hydrogen (secondary N) is 1. The Kier molecular flexibility index (Phi) is 3.39. The molecular formula is C12H20N4. The van der Waals surface area contributed by atoms with E-state index in [2.05, 4.69) is 34.0 Å². The molecule has 1 aliphatic rings. The Morgan fingerprint density at radius 2 is 2.25 bits per heavy atom. The molecule has 0 atom stereocenters. The standard InChI is InChI=1S/C12H20N4/c1-4-16(11-5-6-11)12-14-8-10(7-13-3)9(2)15-12/h8,11,13H,4-7H2,1-3H3. The fourth-order valence-electron chi connectivity index (χ4n) is 1.93. The van der Waals surface area contributed by atoms with Crippen molar-refractivity contribution in [2.75, 3.05) is 18.5 Å². The van der Waals surface area contributed by atoms with Gasteiger partial charge in [0.2, 0.25) is 5.95 Å². The van der Waals surface area contributed by atoms with Gasteiger partial charge in [0.05, 0.1) is 0 Å². The highest BCUT2D eigenvalue weighted by atomic mass is 15.3. The first kappa shape index (κ1) is 11.3. The minimum Gasteiger partial charge on any atom is -0.338 e. The first-order chi connectivity index (χ1) is 7.76. The Morgan fingerprint density at radius 1 is 1.50 bits per heavy atom.